The first-order chi connectivity index (χ1) is 17.4. The third-order valence-corrected chi connectivity index (χ3v) is 8.75. The van der Waals surface area contributed by atoms with Crippen molar-refractivity contribution in [1.29, 1.82) is 0 Å². The van der Waals surface area contributed by atoms with Crippen molar-refractivity contribution in [1.82, 2.24) is 19.9 Å². The molecular weight excluding hydrogens is 468 g/mol. The third kappa shape index (κ3) is 5.31. The van der Waals surface area contributed by atoms with Crippen LogP contribution in [-0.2, 0) is 22.4 Å². The number of aromatic nitrogens is 3. The molecule has 3 fully saturated rings. The molecule has 0 radical (unpaired) electrons. The molecule has 0 atom stereocenters. The molecule has 2 aromatic heterocycles. The van der Waals surface area contributed by atoms with E-state index in [2.05, 4.69) is 16.8 Å². The Hall–Kier alpha value is -2.74. The zero-order chi connectivity index (χ0) is 26.5. The Kier molecular flexibility index (Phi) is 6.67. The molecule has 0 aromatic carbocycles. The van der Waals surface area contributed by atoms with Crippen LogP contribution in [0.25, 0.3) is 11.4 Å². The molecule has 3 saturated carbocycles. The quantitative estimate of drug-likeness (QED) is 0.476. The summed E-state index contributed by atoms with van der Waals surface area (Å²) in [4.78, 5) is 34.1. The molecule has 200 valence electrons. The van der Waals surface area contributed by atoms with Crippen LogP contribution < -0.4 is 5.32 Å². The van der Waals surface area contributed by atoms with Crippen molar-refractivity contribution >= 4 is 11.9 Å². The van der Waals surface area contributed by atoms with E-state index in [1.807, 2.05) is 19.1 Å². The summed E-state index contributed by atoms with van der Waals surface area (Å²) in [6, 6.07) is 3.86. The van der Waals surface area contributed by atoms with E-state index in [0.29, 0.717) is 30.1 Å². The first-order valence-electron chi connectivity index (χ1n) is 13.8. The second-order valence-electron chi connectivity index (χ2n) is 12.4. The number of aliphatic hydroxyl groups is 1. The van der Waals surface area contributed by atoms with Crippen molar-refractivity contribution in [3.8, 4) is 11.4 Å². The zero-order valence-corrected chi connectivity index (χ0v) is 22.5. The number of aliphatic carboxylic acids is 1. The Morgan fingerprint density at radius 3 is 2.41 bits per heavy atom. The fraction of sp³-hybridized carbons (Fsp3) is 0.655. The van der Waals surface area contributed by atoms with Crippen molar-refractivity contribution in [3.05, 3.63) is 34.9 Å². The van der Waals surface area contributed by atoms with Crippen molar-refractivity contribution in [2.45, 2.75) is 109 Å². The largest absolute Gasteiger partial charge is 0.481 e. The molecule has 2 heterocycles. The maximum absolute atomic E-state index is 13.4. The number of amides is 1. The van der Waals surface area contributed by atoms with Gasteiger partial charge in [0.05, 0.1) is 28.6 Å². The summed E-state index contributed by atoms with van der Waals surface area (Å²) < 4.78 is 2.24. The van der Waals surface area contributed by atoms with Crippen molar-refractivity contribution in [2.75, 3.05) is 0 Å². The van der Waals surface area contributed by atoms with Crippen LogP contribution in [0.1, 0.15) is 106 Å². The van der Waals surface area contributed by atoms with Crippen LogP contribution >= 0.6 is 0 Å². The number of carboxylic acid groups (broad SMARTS) is 1. The van der Waals surface area contributed by atoms with Crippen LogP contribution in [0.15, 0.2) is 12.1 Å². The lowest BCUT2D eigenvalue weighted by atomic mass is 9.80. The summed E-state index contributed by atoms with van der Waals surface area (Å²) in [5.41, 5.74) is 2.88. The molecule has 8 nitrogen and oxygen atoms in total. The van der Waals surface area contributed by atoms with Crippen LogP contribution in [0, 0.1) is 18.8 Å². The molecule has 3 aliphatic carbocycles. The first-order valence-corrected chi connectivity index (χ1v) is 13.8. The molecule has 0 aliphatic heterocycles. The topological polar surface area (TPSA) is 117 Å². The molecule has 3 aliphatic rings. The van der Waals surface area contributed by atoms with Crippen molar-refractivity contribution < 1.29 is 19.8 Å². The van der Waals surface area contributed by atoms with E-state index in [9.17, 15) is 19.8 Å². The van der Waals surface area contributed by atoms with Gasteiger partial charge in [0.2, 0.25) is 0 Å². The minimum absolute atomic E-state index is 0.00135. The number of hydrogen-bond acceptors (Lipinski definition) is 5. The van der Waals surface area contributed by atoms with Gasteiger partial charge >= 0.3 is 5.97 Å². The average molecular weight is 509 g/mol. The minimum Gasteiger partial charge on any atom is -0.481 e. The van der Waals surface area contributed by atoms with Gasteiger partial charge in [-0.1, -0.05) is 26.2 Å². The van der Waals surface area contributed by atoms with Gasteiger partial charge in [-0.25, -0.2) is 9.97 Å². The summed E-state index contributed by atoms with van der Waals surface area (Å²) in [5, 5.41) is 23.0. The van der Waals surface area contributed by atoms with Gasteiger partial charge in [-0.3, -0.25) is 9.59 Å². The van der Waals surface area contributed by atoms with E-state index in [1.54, 1.807) is 13.8 Å². The van der Waals surface area contributed by atoms with Crippen molar-refractivity contribution in [2.24, 2.45) is 11.8 Å². The van der Waals surface area contributed by atoms with Crippen LogP contribution in [0.3, 0.4) is 0 Å². The van der Waals surface area contributed by atoms with Gasteiger partial charge in [-0.15, -0.1) is 0 Å². The van der Waals surface area contributed by atoms with Gasteiger partial charge < -0.3 is 20.1 Å². The van der Waals surface area contributed by atoms with Gasteiger partial charge in [0.1, 0.15) is 5.60 Å². The smallest absolute Gasteiger partial charge is 0.306 e. The summed E-state index contributed by atoms with van der Waals surface area (Å²) in [6.07, 6.45) is 9.17. The Labute approximate surface area is 218 Å². The van der Waals surface area contributed by atoms with E-state index in [1.165, 1.54) is 32.1 Å². The monoisotopic (exact) mass is 508 g/mol. The molecule has 0 spiro atoms. The fourth-order valence-corrected chi connectivity index (χ4v) is 5.76. The third-order valence-electron chi connectivity index (χ3n) is 8.75. The van der Waals surface area contributed by atoms with E-state index >= 15 is 0 Å². The Balaban J connectivity index is 1.52. The standard InChI is InChI=1S/C29H40N4O4/c1-17-21(25(34)30-20-12-19(13-20)26(35)36)14-23(33(17)16-18-8-6-5-7-9-18)22-15-24(29(4)10-11-29)32-27(31-22)28(2,3)37/h14-15,18-20,37H,5-13,16H2,1-4H3,(H,30,34)(H,35,36). The predicted molar refractivity (Wildman–Crippen MR) is 140 cm³/mol. The van der Waals surface area contributed by atoms with Gasteiger partial charge in [-0.2, -0.15) is 0 Å². The highest BCUT2D eigenvalue weighted by Gasteiger charge is 2.42. The highest BCUT2D eigenvalue weighted by Crippen LogP contribution is 2.47. The van der Waals surface area contributed by atoms with Crippen LogP contribution in [0.2, 0.25) is 0 Å². The number of carboxylic acids is 1. The number of carbonyl (C=O) groups is 2. The number of nitrogens with zero attached hydrogens (tertiary/aromatic N) is 3. The van der Waals surface area contributed by atoms with Gasteiger partial charge in [0.15, 0.2) is 5.82 Å². The lowest BCUT2D eigenvalue weighted by Crippen LogP contribution is -2.46. The number of rotatable bonds is 8. The van der Waals surface area contributed by atoms with Crippen LogP contribution in [0.5, 0.6) is 0 Å². The number of carbonyl (C=O) groups excluding carboxylic acids is 1. The lowest BCUT2D eigenvalue weighted by molar-refractivity contribution is -0.145. The second-order valence-corrected chi connectivity index (χ2v) is 12.4. The van der Waals surface area contributed by atoms with Crippen molar-refractivity contribution in [3.63, 3.8) is 0 Å². The zero-order valence-electron chi connectivity index (χ0n) is 22.5. The number of hydrogen-bond donors (Lipinski definition) is 3. The highest BCUT2D eigenvalue weighted by molar-refractivity contribution is 5.97. The van der Waals surface area contributed by atoms with Crippen LogP contribution in [0.4, 0.5) is 0 Å². The predicted octanol–water partition coefficient (Wildman–Crippen LogP) is 4.71. The minimum atomic E-state index is -1.18. The van der Waals surface area contributed by atoms with E-state index in [4.69, 9.17) is 9.97 Å². The maximum Gasteiger partial charge on any atom is 0.306 e. The fourth-order valence-electron chi connectivity index (χ4n) is 5.76. The summed E-state index contributed by atoms with van der Waals surface area (Å²) in [5.74, 6) is -0.388. The second kappa shape index (κ2) is 9.53. The number of nitrogens with one attached hydrogen (secondary N) is 1. The van der Waals surface area contributed by atoms with Gasteiger partial charge in [0, 0.05) is 23.7 Å². The molecule has 3 N–H and O–H groups in total. The summed E-state index contributed by atoms with van der Waals surface area (Å²) >= 11 is 0. The van der Waals surface area contributed by atoms with E-state index in [0.717, 1.165) is 42.2 Å². The molecule has 0 bridgehead atoms. The van der Waals surface area contributed by atoms with Gasteiger partial charge in [-0.05, 0) is 77.3 Å². The molecule has 1 amide bonds. The molecule has 8 heteroatoms. The molecule has 37 heavy (non-hydrogen) atoms. The average Bonchev–Trinajstić information content (AvgIpc) is 3.50. The molecule has 2 aromatic rings. The Morgan fingerprint density at radius 1 is 1.14 bits per heavy atom. The van der Waals surface area contributed by atoms with Crippen LogP contribution in [-0.4, -0.2) is 42.7 Å². The van der Waals surface area contributed by atoms with Gasteiger partial charge in [0.25, 0.3) is 5.91 Å². The van der Waals surface area contributed by atoms with E-state index < -0.39 is 11.6 Å². The van der Waals surface area contributed by atoms with E-state index in [-0.39, 0.29) is 23.3 Å². The molecule has 5 rings (SSSR count). The molecular formula is C29H40N4O4. The summed E-state index contributed by atoms with van der Waals surface area (Å²) in [7, 11) is 0. The maximum atomic E-state index is 13.4. The molecule has 0 saturated heterocycles. The summed E-state index contributed by atoms with van der Waals surface area (Å²) in [6.45, 7) is 8.43. The molecule has 0 unspecified atom stereocenters. The first kappa shape index (κ1) is 25.9. The Morgan fingerprint density at radius 2 is 1.81 bits per heavy atom. The lowest BCUT2D eigenvalue weighted by Gasteiger charge is -2.32. The Bertz CT molecular complexity index is 1170. The highest BCUT2D eigenvalue weighted by atomic mass is 16.4. The normalized spacial score (nSPS) is 23.4. The SMILES string of the molecule is Cc1c(C(=O)NC2CC(C(=O)O)C2)cc(-c2cc(C3(C)CC3)nc(C(C)(C)O)n2)n1CC1CCCCC1.